The van der Waals surface area contributed by atoms with Gasteiger partial charge in [0.05, 0.1) is 12.0 Å². The monoisotopic (exact) mass is 313 g/mol. The van der Waals surface area contributed by atoms with Crippen LogP contribution >= 0.6 is 11.6 Å². The van der Waals surface area contributed by atoms with E-state index in [9.17, 15) is 4.79 Å². The van der Waals surface area contributed by atoms with Gasteiger partial charge in [0, 0.05) is 5.02 Å². The second-order valence-electron chi connectivity index (χ2n) is 5.93. The van der Waals surface area contributed by atoms with Crippen molar-refractivity contribution in [3.8, 4) is 0 Å². The SMILES string of the molecule is C[C@H](NC(=O)[C@H]1CCCc2ccccc21)c1cccc(Cl)c1. The van der Waals surface area contributed by atoms with E-state index in [0.29, 0.717) is 5.02 Å². The number of fused-ring (bicyclic) bond motifs is 1. The van der Waals surface area contributed by atoms with Crippen LogP contribution in [0.5, 0.6) is 0 Å². The standard InChI is InChI=1S/C19H20ClNO/c1-13(15-8-4-9-16(20)12-15)21-19(22)18-11-5-7-14-6-2-3-10-17(14)18/h2-4,6,8-10,12-13,18H,5,7,11H2,1H3,(H,21,22)/t13-,18-/m0/s1. The molecule has 0 unspecified atom stereocenters. The third kappa shape index (κ3) is 3.17. The Bertz CT molecular complexity index is 683. The molecule has 3 heteroatoms. The zero-order valence-electron chi connectivity index (χ0n) is 12.7. The summed E-state index contributed by atoms with van der Waals surface area (Å²) < 4.78 is 0. The molecule has 3 rings (SSSR count). The molecule has 1 aliphatic rings. The van der Waals surface area contributed by atoms with Crippen molar-refractivity contribution in [2.75, 3.05) is 0 Å². The Morgan fingerprint density at radius 3 is 2.86 bits per heavy atom. The molecule has 2 aromatic carbocycles. The molecule has 0 bridgehead atoms. The van der Waals surface area contributed by atoms with Gasteiger partial charge in [-0.3, -0.25) is 4.79 Å². The van der Waals surface area contributed by atoms with Crippen LogP contribution in [0.1, 0.15) is 48.4 Å². The maximum absolute atomic E-state index is 12.7. The molecular formula is C19H20ClNO. The highest BCUT2D eigenvalue weighted by Crippen LogP contribution is 2.32. The molecule has 0 saturated heterocycles. The van der Waals surface area contributed by atoms with Gasteiger partial charge in [0.15, 0.2) is 0 Å². The van der Waals surface area contributed by atoms with E-state index in [4.69, 9.17) is 11.6 Å². The summed E-state index contributed by atoms with van der Waals surface area (Å²) in [6.45, 7) is 2.00. The molecule has 1 aliphatic carbocycles. The summed E-state index contributed by atoms with van der Waals surface area (Å²) >= 11 is 6.03. The zero-order chi connectivity index (χ0) is 15.5. The fourth-order valence-corrected chi connectivity index (χ4v) is 3.40. The molecule has 114 valence electrons. The fraction of sp³-hybridized carbons (Fsp3) is 0.316. The van der Waals surface area contributed by atoms with Crippen LogP contribution in [-0.4, -0.2) is 5.91 Å². The topological polar surface area (TPSA) is 29.1 Å². The predicted octanol–water partition coefficient (Wildman–Crippen LogP) is 4.64. The van der Waals surface area contributed by atoms with Gasteiger partial charge in [-0.05, 0) is 55.0 Å². The predicted molar refractivity (Wildman–Crippen MR) is 90.1 cm³/mol. The van der Waals surface area contributed by atoms with Crippen molar-refractivity contribution in [1.29, 1.82) is 0 Å². The van der Waals surface area contributed by atoms with Gasteiger partial charge < -0.3 is 5.32 Å². The second-order valence-corrected chi connectivity index (χ2v) is 6.37. The first kappa shape index (κ1) is 15.1. The molecule has 0 aromatic heterocycles. The lowest BCUT2D eigenvalue weighted by Crippen LogP contribution is -2.33. The summed E-state index contributed by atoms with van der Waals surface area (Å²) in [4.78, 5) is 12.7. The Labute approximate surface area is 136 Å². The van der Waals surface area contributed by atoms with Gasteiger partial charge in [-0.2, -0.15) is 0 Å². The van der Waals surface area contributed by atoms with E-state index in [1.165, 1.54) is 11.1 Å². The maximum atomic E-state index is 12.7. The third-order valence-corrected chi connectivity index (χ3v) is 4.63. The number of rotatable bonds is 3. The minimum Gasteiger partial charge on any atom is -0.349 e. The number of benzene rings is 2. The van der Waals surface area contributed by atoms with Gasteiger partial charge >= 0.3 is 0 Å². The summed E-state index contributed by atoms with van der Waals surface area (Å²) in [5.74, 6) is 0.0752. The summed E-state index contributed by atoms with van der Waals surface area (Å²) in [7, 11) is 0. The van der Waals surface area contributed by atoms with E-state index >= 15 is 0 Å². The van der Waals surface area contributed by atoms with Crippen LogP contribution in [0.3, 0.4) is 0 Å². The van der Waals surface area contributed by atoms with E-state index in [-0.39, 0.29) is 17.9 Å². The quantitative estimate of drug-likeness (QED) is 0.879. The van der Waals surface area contributed by atoms with Crippen LogP contribution in [0.2, 0.25) is 5.02 Å². The van der Waals surface area contributed by atoms with Crippen molar-refractivity contribution >= 4 is 17.5 Å². The van der Waals surface area contributed by atoms with Crippen LogP contribution in [0, 0.1) is 0 Å². The Balaban J connectivity index is 1.75. The highest BCUT2D eigenvalue weighted by molar-refractivity contribution is 6.30. The second kappa shape index (κ2) is 6.53. The molecule has 1 N–H and O–H groups in total. The molecule has 0 fully saturated rings. The normalized spacial score (nSPS) is 18.4. The third-order valence-electron chi connectivity index (χ3n) is 4.39. The molecule has 0 radical (unpaired) electrons. The Hall–Kier alpha value is -1.80. The molecule has 2 nitrogen and oxygen atoms in total. The van der Waals surface area contributed by atoms with Crippen molar-refractivity contribution in [3.05, 3.63) is 70.2 Å². The van der Waals surface area contributed by atoms with Gasteiger partial charge in [0.25, 0.3) is 0 Å². The smallest absolute Gasteiger partial charge is 0.228 e. The lowest BCUT2D eigenvalue weighted by molar-refractivity contribution is -0.123. The number of hydrogen-bond donors (Lipinski definition) is 1. The summed E-state index contributed by atoms with van der Waals surface area (Å²) in [6.07, 6.45) is 3.07. The van der Waals surface area contributed by atoms with Gasteiger partial charge in [-0.15, -0.1) is 0 Å². The van der Waals surface area contributed by atoms with Crippen molar-refractivity contribution in [2.24, 2.45) is 0 Å². The van der Waals surface area contributed by atoms with E-state index < -0.39 is 0 Å². The van der Waals surface area contributed by atoms with Crippen LogP contribution < -0.4 is 5.32 Å². The van der Waals surface area contributed by atoms with Gasteiger partial charge in [-0.1, -0.05) is 48.0 Å². The first-order valence-corrected chi connectivity index (χ1v) is 8.16. The minimum absolute atomic E-state index is 0.0356. The summed E-state index contributed by atoms with van der Waals surface area (Å²) in [6, 6.07) is 15.9. The van der Waals surface area contributed by atoms with Crippen molar-refractivity contribution in [3.63, 3.8) is 0 Å². The van der Waals surface area contributed by atoms with Crippen LogP contribution in [0.25, 0.3) is 0 Å². The number of carbonyl (C=O) groups is 1. The number of nitrogens with one attached hydrogen (secondary N) is 1. The largest absolute Gasteiger partial charge is 0.349 e. The maximum Gasteiger partial charge on any atom is 0.228 e. The molecule has 1 amide bonds. The van der Waals surface area contributed by atoms with Crippen LogP contribution in [0.4, 0.5) is 0 Å². The lowest BCUT2D eigenvalue weighted by Gasteiger charge is -2.26. The number of aryl methyl sites for hydroxylation is 1. The molecule has 2 atom stereocenters. The number of halogens is 1. The Kier molecular flexibility index (Phi) is 4.49. The summed E-state index contributed by atoms with van der Waals surface area (Å²) in [5, 5.41) is 3.83. The number of carbonyl (C=O) groups excluding carboxylic acids is 1. The highest BCUT2D eigenvalue weighted by Gasteiger charge is 2.27. The van der Waals surface area contributed by atoms with Gasteiger partial charge in [0.1, 0.15) is 0 Å². The Morgan fingerprint density at radius 1 is 1.23 bits per heavy atom. The minimum atomic E-state index is -0.0414. The number of amides is 1. The molecule has 0 saturated carbocycles. The van der Waals surface area contributed by atoms with Gasteiger partial charge in [0.2, 0.25) is 5.91 Å². The molecule has 0 spiro atoms. The highest BCUT2D eigenvalue weighted by atomic mass is 35.5. The average molecular weight is 314 g/mol. The first-order chi connectivity index (χ1) is 10.6. The molecular weight excluding hydrogens is 294 g/mol. The average Bonchev–Trinajstić information content (AvgIpc) is 2.54. The van der Waals surface area contributed by atoms with E-state index in [0.717, 1.165) is 24.8 Å². The molecule has 0 heterocycles. The van der Waals surface area contributed by atoms with Crippen molar-refractivity contribution in [2.45, 2.75) is 38.1 Å². The summed E-state index contributed by atoms with van der Waals surface area (Å²) in [5.41, 5.74) is 3.53. The Morgan fingerprint density at radius 2 is 2.05 bits per heavy atom. The van der Waals surface area contributed by atoms with E-state index in [2.05, 4.69) is 17.4 Å². The fourth-order valence-electron chi connectivity index (χ4n) is 3.20. The van der Waals surface area contributed by atoms with Gasteiger partial charge in [-0.25, -0.2) is 0 Å². The number of hydrogen-bond acceptors (Lipinski definition) is 1. The molecule has 22 heavy (non-hydrogen) atoms. The van der Waals surface area contributed by atoms with E-state index in [1.807, 2.05) is 43.3 Å². The molecule has 2 aromatic rings. The lowest BCUT2D eigenvalue weighted by atomic mass is 9.82. The van der Waals surface area contributed by atoms with Crippen LogP contribution in [0.15, 0.2) is 48.5 Å². The van der Waals surface area contributed by atoms with Crippen molar-refractivity contribution < 1.29 is 4.79 Å². The van der Waals surface area contributed by atoms with Crippen molar-refractivity contribution in [1.82, 2.24) is 5.32 Å². The zero-order valence-corrected chi connectivity index (χ0v) is 13.4. The van der Waals surface area contributed by atoms with Crippen LogP contribution in [-0.2, 0) is 11.2 Å². The first-order valence-electron chi connectivity index (χ1n) is 7.79. The van der Waals surface area contributed by atoms with E-state index in [1.54, 1.807) is 0 Å². The molecule has 0 aliphatic heterocycles.